The van der Waals surface area contributed by atoms with Crippen molar-refractivity contribution in [2.24, 2.45) is 5.92 Å². The van der Waals surface area contributed by atoms with Gasteiger partial charge in [-0.15, -0.1) is 0 Å². The smallest absolute Gasteiger partial charge is 0.0697 e. The number of nitrogens with zero attached hydrogens (tertiary/aromatic N) is 1. The predicted octanol–water partition coefficient (Wildman–Crippen LogP) is -0.0530. The summed E-state index contributed by atoms with van der Waals surface area (Å²) in [5.41, 5.74) is 0. The first-order valence-corrected chi connectivity index (χ1v) is 4.20. The summed E-state index contributed by atoms with van der Waals surface area (Å²) in [6, 6.07) is 0. The first-order valence-electron chi connectivity index (χ1n) is 4.20. The largest absolute Gasteiger partial charge is 0.394 e. The van der Waals surface area contributed by atoms with Crippen LogP contribution in [0.2, 0.25) is 0 Å². The summed E-state index contributed by atoms with van der Waals surface area (Å²) in [4.78, 5) is 2.31. The molecule has 1 saturated heterocycles. The zero-order chi connectivity index (χ0) is 8.10. The number of rotatable bonds is 4. The van der Waals surface area contributed by atoms with E-state index in [1.165, 1.54) is 13.0 Å². The van der Waals surface area contributed by atoms with Gasteiger partial charge in [-0.25, -0.2) is 0 Å². The lowest BCUT2D eigenvalue weighted by Crippen LogP contribution is -2.17. The van der Waals surface area contributed by atoms with E-state index in [2.05, 4.69) is 11.9 Å². The highest BCUT2D eigenvalue weighted by Gasteiger charge is 2.18. The average molecular weight is 159 g/mol. The van der Waals surface area contributed by atoms with Crippen LogP contribution < -0.4 is 0 Å². The number of likely N-dealkylation sites (tertiary alicyclic amines) is 1. The van der Waals surface area contributed by atoms with Gasteiger partial charge in [0.2, 0.25) is 0 Å². The lowest BCUT2D eigenvalue weighted by Gasteiger charge is -2.09. The number of aliphatic hydroxyl groups is 1. The van der Waals surface area contributed by atoms with E-state index in [1.807, 2.05) is 0 Å². The Morgan fingerprint density at radius 2 is 2.45 bits per heavy atom. The first kappa shape index (κ1) is 8.97. The Labute approximate surface area is 68.0 Å². The molecule has 0 aliphatic carbocycles. The van der Waals surface area contributed by atoms with Gasteiger partial charge in [-0.3, -0.25) is 0 Å². The minimum Gasteiger partial charge on any atom is -0.394 e. The second kappa shape index (κ2) is 4.70. The molecule has 11 heavy (non-hydrogen) atoms. The molecule has 1 atom stereocenters. The lowest BCUT2D eigenvalue weighted by molar-refractivity contribution is 0.0699. The van der Waals surface area contributed by atoms with E-state index in [4.69, 9.17) is 9.84 Å². The van der Waals surface area contributed by atoms with Crippen LogP contribution in [0, 0.1) is 5.92 Å². The van der Waals surface area contributed by atoms with E-state index in [1.54, 1.807) is 0 Å². The molecular formula is C8H17NO2. The fraction of sp³-hybridized carbons (Fsp3) is 1.00. The molecule has 0 aromatic rings. The van der Waals surface area contributed by atoms with E-state index in [0.29, 0.717) is 12.5 Å². The molecule has 0 aromatic carbocycles. The molecule has 1 aliphatic rings. The van der Waals surface area contributed by atoms with E-state index in [-0.39, 0.29) is 6.61 Å². The Kier molecular flexibility index (Phi) is 3.83. The van der Waals surface area contributed by atoms with Gasteiger partial charge in [0.1, 0.15) is 0 Å². The SMILES string of the molecule is CN1CCC(COCCO)C1. The average Bonchev–Trinajstić information content (AvgIpc) is 2.37. The third-order valence-electron chi connectivity index (χ3n) is 2.08. The number of ether oxygens (including phenoxy) is 1. The highest BCUT2D eigenvalue weighted by molar-refractivity contribution is 4.71. The van der Waals surface area contributed by atoms with Crippen LogP contribution >= 0.6 is 0 Å². The minimum atomic E-state index is 0.141. The summed E-state index contributed by atoms with van der Waals surface area (Å²) in [5.74, 6) is 0.687. The lowest BCUT2D eigenvalue weighted by atomic mass is 10.1. The number of hydrogen-bond donors (Lipinski definition) is 1. The van der Waals surface area contributed by atoms with Gasteiger partial charge in [0.15, 0.2) is 0 Å². The molecular weight excluding hydrogens is 142 g/mol. The first-order chi connectivity index (χ1) is 5.33. The zero-order valence-corrected chi connectivity index (χ0v) is 7.12. The van der Waals surface area contributed by atoms with Crippen LogP contribution in [-0.2, 0) is 4.74 Å². The van der Waals surface area contributed by atoms with E-state index >= 15 is 0 Å². The highest BCUT2D eigenvalue weighted by atomic mass is 16.5. The Hall–Kier alpha value is -0.120. The van der Waals surface area contributed by atoms with Crippen molar-refractivity contribution in [3.8, 4) is 0 Å². The molecule has 1 fully saturated rings. The van der Waals surface area contributed by atoms with Gasteiger partial charge in [0.05, 0.1) is 19.8 Å². The van der Waals surface area contributed by atoms with Gasteiger partial charge in [0.25, 0.3) is 0 Å². The van der Waals surface area contributed by atoms with Crippen LogP contribution in [0.25, 0.3) is 0 Å². The monoisotopic (exact) mass is 159 g/mol. The van der Waals surface area contributed by atoms with E-state index in [0.717, 1.165) is 13.2 Å². The summed E-state index contributed by atoms with van der Waals surface area (Å²) >= 11 is 0. The summed E-state index contributed by atoms with van der Waals surface area (Å²) < 4.78 is 5.24. The molecule has 3 nitrogen and oxygen atoms in total. The Balaban J connectivity index is 1.99. The number of hydrogen-bond acceptors (Lipinski definition) is 3. The molecule has 0 spiro atoms. The second-order valence-corrected chi connectivity index (χ2v) is 3.22. The van der Waals surface area contributed by atoms with Crippen LogP contribution in [0.5, 0.6) is 0 Å². The molecule has 0 radical (unpaired) electrons. The van der Waals surface area contributed by atoms with Crippen molar-refractivity contribution >= 4 is 0 Å². The Bertz CT molecular complexity index is 108. The maximum Gasteiger partial charge on any atom is 0.0697 e. The molecule has 0 saturated carbocycles. The van der Waals surface area contributed by atoms with Crippen molar-refractivity contribution in [3.63, 3.8) is 0 Å². The molecule has 1 unspecified atom stereocenters. The number of aliphatic hydroxyl groups excluding tert-OH is 1. The van der Waals surface area contributed by atoms with Crippen molar-refractivity contribution in [2.45, 2.75) is 6.42 Å². The summed E-state index contributed by atoms with van der Waals surface area (Å²) in [5, 5.41) is 8.46. The van der Waals surface area contributed by atoms with Crippen LogP contribution in [0.15, 0.2) is 0 Å². The normalized spacial score (nSPS) is 26.2. The zero-order valence-electron chi connectivity index (χ0n) is 7.12. The molecule has 0 aromatic heterocycles. The third-order valence-corrected chi connectivity index (χ3v) is 2.08. The molecule has 1 rings (SSSR count). The van der Waals surface area contributed by atoms with Gasteiger partial charge in [-0.2, -0.15) is 0 Å². The summed E-state index contributed by atoms with van der Waals surface area (Å²) in [6.45, 7) is 3.77. The molecule has 3 heteroatoms. The molecule has 1 heterocycles. The van der Waals surface area contributed by atoms with Crippen LogP contribution in [0.4, 0.5) is 0 Å². The quantitative estimate of drug-likeness (QED) is 0.584. The van der Waals surface area contributed by atoms with Gasteiger partial charge in [-0.1, -0.05) is 0 Å². The molecule has 66 valence electrons. The molecule has 1 aliphatic heterocycles. The highest BCUT2D eigenvalue weighted by Crippen LogP contribution is 2.13. The Morgan fingerprint density at radius 3 is 3.00 bits per heavy atom. The van der Waals surface area contributed by atoms with Crippen LogP contribution in [0.3, 0.4) is 0 Å². The van der Waals surface area contributed by atoms with Crippen molar-refractivity contribution in [3.05, 3.63) is 0 Å². The predicted molar refractivity (Wildman–Crippen MR) is 43.5 cm³/mol. The summed E-state index contributed by atoms with van der Waals surface area (Å²) in [6.07, 6.45) is 1.24. The topological polar surface area (TPSA) is 32.7 Å². The molecule has 0 amide bonds. The third kappa shape index (κ3) is 3.18. The van der Waals surface area contributed by atoms with Crippen molar-refractivity contribution in [2.75, 3.05) is 40.0 Å². The fourth-order valence-electron chi connectivity index (χ4n) is 1.48. The van der Waals surface area contributed by atoms with Crippen molar-refractivity contribution in [1.29, 1.82) is 0 Å². The summed E-state index contributed by atoms with van der Waals surface area (Å²) in [7, 11) is 2.13. The Morgan fingerprint density at radius 1 is 1.64 bits per heavy atom. The standard InChI is InChI=1S/C8H17NO2/c1-9-3-2-8(6-9)7-11-5-4-10/h8,10H,2-7H2,1H3. The fourth-order valence-corrected chi connectivity index (χ4v) is 1.48. The van der Waals surface area contributed by atoms with Crippen molar-refractivity contribution < 1.29 is 9.84 Å². The van der Waals surface area contributed by atoms with Crippen molar-refractivity contribution in [1.82, 2.24) is 4.90 Å². The second-order valence-electron chi connectivity index (χ2n) is 3.22. The van der Waals surface area contributed by atoms with Crippen LogP contribution in [0.1, 0.15) is 6.42 Å². The van der Waals surface area contributed by atoms with Gasteiger partial charge < -0.3 is 14.7 Å². The van der Waals surface area contributed by atoms with E-state index in [9.17, 15) is 0 Å². The maximum atomic E-state index is 8.46. The van der Waals surface area contributed by atoms with Gasteiger partial charge in [-0.05, 0) is 25.9 Å². The maximum absolute atomic E-state index is 8.46. The minimum absolute atomic E-state index is 0.141. The van der Waals surface area contributed by atoms with Gasteiger partial charge in [0, 0.05) is 6.54 Å². The molecule has 1 N–H and O–H groups in total. The van der Waals surface area contributed by atoms with Gasteiger partial charge >= 0.3 is 0 Å². The van der Waals surface area contributed by atoms with Crippen LogP contribution in [-0.4, -0.2) is 50.0 Å². The van der Waals surface area contributed by atoms with E-state index < -0.39 is 0 Å². The molecule has 0 bridgehead atoms.